The predicted molar refractivity (Wildman–Crippen MR) is 86.6 cm³/mol. The molecule has 2 aromatic rings. The van der Waals surface area contributed by atoms with Crippen molar-refractivity contribution in [3.8, 4) is 0 Å². The number of nitrogens with one attached hydrogen (secondary N) is 2. The monoisotopic (exact) mass is 323 g/mol. The maximum Gasteiger partial charge on any atom is 0.251 e. The molecule has 0 bridgehead atoms. The van der Waals surface area contributed by atoms with Gasteiger partial charge in [-0.2, -0.15) is 0 Å². The molecule has 2 aromatic carbocycles. The molecule has 0 heterocycles. The second kappa shape index (κ2) is 6.80. The number of hydrogen-bond donors (Lipinski definition) is 3. The van der Waals surface area contributed by atoms with Gasteiger partial charge in [-0.3, -0.25) is 10.6 Å². The third-order valence-electron chi connectivity index (χ3n) is 3.09. The molecule has 0 fully saturated rings. The SMILES string of the molecule is CC(NC(=O)c1ccc(NN)cc1)c1ccc(Cl)cc1Cl. The van der Waals surface area contributed by atoms with E-state index >= 15 is 0 Å². The molecule has 1 unspecified atom stereocenters. The number of rotatable bonds is 4. The Labute approximate surface area is 133 Å². The number of carbonyl (C=O) groups is 1. The van der Waals surface area contributed by atoms with E-state index in [1.807, 2.05) is 6.92 Å². The molecule has 0 saturated heterocycles. The maximum absolute atomic E-state index is 12.2. The van der Waals surface area contributed by atoms with Gasteiger partial charge in [0.15, 0.2) is 0 Å². The Morgan fingerprint density at radius 2 is 1.81 bits per heavy atom. The first-order valence-corrected chi connectivity index (χ1v) is 7.09. The van der Waals surface area contributed by atoms with Gasteiger partial charge in [0.05, 0.1) is 6.04 Å². The Morgan fingerprint density at radius 1 is 1.14 bits per heavy atom. The zero-order chi connectivity index (χ0) is 15.4. The minimum atomic E-state index is -0.227. The fraction of sp³-hybridized carbons (Fsp3) is 0.133. The van der Waals surface area contributed by atoms with Gasteiger partial charge >= 0.3 is 0 Å². The summed E-state index contributed by atoms with van der Waals surface area (Å²) >= 11 is 12.0. The van der Waals surface area contributed by atoms with Crippen molar-refractivity contribution in [2.75, 3.05) is 5.43 Å². The van der Waals surface area contributed by atoms with Gasteiger partial charge in [-0.25, -0.2) is 0 Å². The van der Waals surface area contributed by atoms with Crippen molar-refractivity contribution in [1.82, 2.24) is 5.32 Å². The molecule has 4 N–H and O–H groups in total. The van der Waals surface area contributed by atoms with Gasteiger partial charge in [-0.15, -0.1) is 0 Å². The molecular formula is C15H15Cl2N3O. The number of nitrogens with two attached hydrogens (primary N) is 1. The number of hydrazine groups is 1. The molecule has 0 radical (unpaired) electrons. The molecule has 0 spiro atoms. The zero-order valence-electron chi connectivity index (χ0n) is 11.4. The van der Waals surface area contributed by atoms with Crippen LogP contribution in [0.5, 0.6) is 0 Å². The van der Waals surface area contributed by atoms with Crippen LogP contribution in [0.2, 0.25) is 10.0 Å². The Balaban J connectivity index is 2.10. The molecule has 0 saturated carbocycles. The van der Waals surface area contributed by atoms with E-state index in [1.165, 1.54) is 0 Å². The van der Waals surface area contributed by atoms with Crippen LogP contribution in [0.4, 0.5) is 5.69 Å². The quantitative estimate of drug-likeness (QED) is 0.592. The van der Waals surface area contributed by atoms with Crippen molar-refractivity contribution in [2.45, 2.75) is 13.0 Å². The van der Waals surface area contributed by atoms with Crippen LogP contribution in [0.15, 0.2) is 42.5 Å². The van der Waals surface area contributed by atoms with Gasteiger partial charge < -0.3 is 10.7 Å². The summed E-state index contributed by atoms with van der Waals surface area (Å²) in [6, 6.07) is 11.8. The highest BCUT2D eigenvalue weighted by molar-refractivity contribution is 6.35. The van der Waals surface area contributed by atoms with Crippen LogP contribution in [0.25, 0.3) is 0 Å². The van der Waals surface area contributed by atoms with Crippen LogP contribution in [-0.4, -0.2) is 5.91 Å². The van der Waals surface area contributed by atoms with E-state index < -0.39 is 0 Å². The average molecular weight is 324 g/mol. The van der Waals surface area contributed by atoms with Gasteiger partial charge in [0.1, 0.15) is 0 Å². The molecule has 2 rings (SSSR count). The molecule has 110 valence electrons. The fourth-order valence-corrected chi connectivity index (χ4v) is 2.50. The van der Waals surface area contributed by atoms with E-state index in [2.05, 4.69) is 10.7 Å². The van der Waals surface area contributed by atoms with Crippen LogP contribution < -0.4 is 16.6 Å². The maximum atomic E-state index is 12.2. The van der Waals surface area contributed by atoms with E-state index in [9.17, 15) is 4.79 Å². The molecule has 21 heavy (non-hydrogen) atoms. The summed E-state index contributed by atoms with van der Waals surface area (Å²) in [6.45, 7) is 1.86. The Kier molecular flexibility index (Phi) is 5.07. The molecule has 0 aliphatic rings. The molecule has 4 nitrogen and oxygen atoms in total. The van der Waals surface area contributed by atoms with Crippen molar-refractivity contribution >= 4 is 34.8 Å². The fourth-order valence-electron chi connectivity index (χ4n) is 1.93. The molecule has 0 aromatic heterocycles. The Morgan fingerprint density at radius 3 is 2.38 bits per heavy atom. The van der Waals surface area contributed by atoms with Gasteiger partial charge in [0, 0.05) is 21.3 Å². The first-order valence-electron chi connectivity index (χ1n) is 6.33. The standard InChI is InChI=1S/C15H15Cl2N3O/c1-9(13-7-4-11(16)8-14(13)17)19-15(21)10-2-5-12(20-18)6-3-10/h2-9,20H,18H2,1H3,(H,19,21). The summed E-state index contributed by atoms with van der Waals surface area (Å²) in [4.78, 5) is 12.2. The van der Waals surface area contributed by atoms with E-state index in [0.29, 0.717) is 15.6 Å². The zero-order valence-corrected chi connectivity index (χ0v) is 12.9. The first kappa shape index (κ1) is 15.6. The second-order valence-corrected chi connectivity index (χ2v) is 5.43. The first-order chi connectivity index (χ1) is 10.0. The van der Waals surface area contributed by atoms with E-state index in [-0.39, 0.29) is 11.9 Å². The normalized spacial score (nSPS) is 11.8. The lowest BCUT2D eigenvalue weighted by atomic mass is 10.1. The molecule has 1 atom stereocenters. The number of nitrogen functional groups attached to an aromatic ring is 1. The largest absolute Gasteiger partial charge is 0.345 e. The van der Waals surface area contributed by atoms with Crippen LogP contribution in [0.3, 0.4) is 0 Å². The van der Waals surface area contributed by atoms with Crippen molar-refractivity contribution in [1.29, 1.82) is 0 Å². The molecule has 6 heteroatoms. The molecular weight excluding hydrogens is 309 g/mol. The van der Waals surface area contributed by atoms with Crippen molar-refractivity contribution < 1.29 is 4.79 Å². The summed E-state index contributed by atoms with van der Waals surface area (Å²) < 4.78 is 0. The highest BCUT2D eigenvalue weighted by Gasteiger charge is 2.14. The van der Waals surface area contributed by atoms with Crippen LogP contribution in [0.1, 0.15) is 28.9 Å². The van der Waals surface area contributed by atoms with Crippen LogP contribution in [-0.2, 0) is 0 Å². The molecule has 1 amide bonds. The third-order valence-corrected chi connectivity index (χ3v) is 3.65. The summed E-state index contributed by atoms with van der Waals surface area (Å²) in [7, 11) is 0. The summed E-state index contributed by atoms with van der Waals surface area (Å²) in [5.41, 5.74) is 4.61. The summed E-state index contributed by atoms with van der Waals surface area (Å²) in [6.07, 6.45) is 0. The van der Waals surface area contributed by atoms with Crippen molar-refractivity contribution in [2.24, 2.45) is 5.84 Å². The number of anilines is 1. The minimum Gasteiger partial charge on any atom is -0.345 e. The van der Waals surface area contributed by atoms with Gasteiger partial charge in [0.25, 0.3) is 5.91 Å². The molecule has 0 aliphatic carbocycles. The Hall–Kier alpha value is -1.75. The number of halogens is 2. The number of hydrogen-bond acceptors (Lipinski definition) is 3. The minimum absolute atomic E-state index is 0.183. The number of benzene rings is 2. The van der Waals surface area contributed by atoms with Crippen LogP contribution in [0, 0.1) is 0 Å². The van der Waals surface area contributed by atoms with Gasteiger partial charge in [-0.1, -0.05) is 29.3 Å². The van der Waals surface area contributed by atoms with Crippen molar-refractivity contribution in [3.63, 3.8) is 0 Å². The lowest BCUT2D eigenvalue weighted by Gasteiger charge is -2.16. The summed E-state index contributed by atoms with van der Waals surface area (Å²) in [5.74, 6) is 5.10. The van der Waals surface area contributed by atoms with E-state index in [1.54, 1.807) is 42.5 Å². The van der Waals surface area contributed by atoms with Gasteiger partial charge in [0.2, 0.25) is 0 Å². The van der Waals surface area contributed by atoms with Crippen molar-refractivity contribution in [3.05, 3.63) is 63.6 Å². The smallest absolute Gasteiger partial charge is 0.251 e. The van der Waals surface area contributed by atoms with Crippen LogP contribution >= 0.6 is 23.2 Å². The lowest BCUT2D eigenvalue weighted by molar-refractivity contribution is 0.0940. The highest BCUT2D eigenvalue weighted by atomic mass is 35.5. The number of amides is 1. The lowest BCUT2D eigenvalue weighted by Crippen LogP contribution is -2.26. The van der Waals surface area contributed by atoms with E-state index in [0.717, 1.165) is 11.3 Å². The second-order valence-electron chi connectivity index (χ2n) is 4.58. The van der Waals surface area contributed by atoms with E-state index in [4.69, 9.17) is 29.0 Å². The topological polar surface area (TPSA) is 67.2 Å². The molecule has 0 aliphatic heterocycles. The summed E-state index contributed by atoms with van der Waals surface area (Å²) in [5, 5.41) is 3.98. The number of carbonyl (C=O) groups excluding carboxylic acids is 1. The highest BCUT2D eigenvalue weighted by Crippen LogP contribution is 2.26. The Bertz CT molecular complexity index is 644. The predicted octanol–water partition coefficient (Wildman–Crippen LogP) is 3.77. The third kappa shape index (κ3) is 3.88. The average Bonchev–Trinajstić information content (AvgIpc) is 2.47. The van der Waals surface area contributed by atoms with Gasteiger partial charge in [-0.05, 0) is 48.9 Å².